The number of rotatable bonds is 2. The zero-order chi connectivity index (χ0) is 15.0. The molecule has 1 aliphatic heterocycles. The van der Waals surface area contributed by atoms with Gasteiger partial charge in [0.25, 0.3) is 0 Å². The van der Waals surface area contributed by atoms with Crippen molar-refractivity contribution >= 4 is 16.0 Å². The molecular formula is C10H13F3N4O2S. The number of sulfonamides is 1. The highest BCUT2D eigenvalue weighted by atomic mass is 32.2. The first-order valence-corrected chi connectivity index (χ1v) is 7.45. The normalized spacial score (nSPS) is 18.3. The van der Waals surface area contributed by atoms with E-state index in [1.54, 1.807) is 0 Å². The Morgan fingerprint density at radius 3 is 2.40 bits per heavy atom. The molecule has 2 rings (SSSR count). The van der Waals surface area contributed by atoms with Crippen LogP contribution < -0.4 is 10.0 Å². The lowest BCUT2D eigenvalue weighted by atomic mass is 10.1. The zero-order valence-electron chi connectivity index (χ0n) is 10.3. The number of hydrogen-bond donors (Lipinski definition) is 1. The Labute approximate surface area is 113 Å². The van der Waals surface area contributed by atoms with E-state index in [9.17, 15) is 21.6 Å². The molecule has 1 aromatic rings. The van der Waals surface area contributed by atoms with Gasteiger partial charge in [-0.2, -0.15) is 13.2 Å². The Hall–Kier alpha value is -1.42. The van der Waals surface area contributed by atoms with E-state index in [0.29, 0.717) is 0 Å². The third-order valence-electron chi connectivity index (χ3n) is 3.12. The molecule has 20 heavy (non-hydrogen) atoms. The van der Waals surface area contributed by atoms with Crippen molar-refractivity contribution < 1.29 is 21.6 Å². The summed E-state index contributed by atoms with van der Waals surface area (Å²) in [5.41, 5.74) is -1.02. The number of alkyl halides is 3. The van der Waals surface area contributed by atoms with Gasteiger partial charge in [0.15, 0.2) is 0 Å². The number of piperidine rings is 1. The summed E-state index contributed by atoms with van der Waals surface area (Å²) in [5, 5.41) is 4.39. The molecule has 1 fully saturated rings. The average molecular weight is 310 g/mol. The number of aromatic nitrogens is 2. The topological polar surface area (TPSA) is 89.2 Å². The van der Waals surface area contributed by atoms with Gasteiger partial charge in [-0.1, -0.05) is 0 Å². The highest BCUT2D eigenvalue weighted by molar-refractivity contribution is 7.89. The fourth-order valence-electron chi connectivity index (χ4n) is 2.04. The summed E-state index contributed by atoms with van der Waals surface area (Å²) in [6.45, 7) is 0.505. The molecule has 2 N–H and O–H groups in total. The Balaban J connectivity index is 2.12. The SMILES string of the molecule is NS(=O)(=O)C1CCN(c2nccc(C(F)(F)F)n2)CC1. The monoisotopic (exact) mass is 310 g/mol. The van der Waals surface area contributed by atoms with Crippen LogP contribution in [0.5, 0.6) is 0 Å². The van der Waals surface area contributed by atoms with E-state index in [0.717, 1.165) is 12.3 Å². The molecule has 112 valence electrons. The first-order valence-electron chi connectivity index (χ1n) is 5.85. The third kappa shape index (κ3) is 3.37. The molecule has 0 bridgehead atoms. The van der Waals surface area contributed by atoms with Crippen molar-refractivity contribution in [2.24, 2.45) is 5.14 Å². The lowest BCUT2D eigenvalue weighted by molar-refractivity contribution is -0.141. The Morgan fingerprint density at radius 1 is 1.30 bits per heavy atom. The molecule has 0 spiro atoms. The molecule has 2 heterocycles. The first-order chi connectivity index (χ1) is 9.18. The first kappa shape index (κ1) is 15.0. The van der Waals surface area contributed by atoms with Crippen molar-refractivity contribution in [1.82, 2.24) is 9.97 Å². The van der Waals surface area contributed by atoms with Crippen LogP contribution in [0.25, 0.3) is 0 Å². The molecule has 0 atom stereocenters. The van der Waals surface area contributed by atoms with E-state index in [2.05, 4.69) is 9.97 Å². The lowest BCUT2D eigenvalue weighted by Gasteiger charge is -2.30. The molecule has 0 amide bonds. The van der Waals surface area contributed by atoms with E-state index in [4.69, 9.17) is 5.14 Å². The van der Waals surface area contributed by atoms with Gasteiger partial charge < -0.3 is 4.90 Å². The molecule has 0 unspecified atom stereocenters. The van der Waals surface area contributed by atoms with E-state index in [-0.39, 0.29) is 31.9 Å². The van der Waals surface area contributed by atoms with Crippen molar-refractivity contribution in [3.63, 3.8) is 0 Å². The molecule has 10 heteroatoms. The highest BCUT2D eigenvalue weighted by Crippen LogP contribution is 2.28. The van der Waals surface area contributed by atoms with Gasteiger partial charge in [-0.3, -0.25) is 0 Å². The standard InChI is InChI=1S/C10H13F3N4O2S/c11-10(12,13)8-1-4-15-9(16-8)17-5-2-7(3-6-17)20(14,18)19/h1,4,7H,2-3,5-6H2,(H2,14,18,19). The molecule has 1 aliphatic rings. The van der Waals surface area contributed by atoms with Gasteiger partial charge in [-0.15, -0.1) is 0 Å². The zero-order valence-corrected chi connectivity index (χ0v) is 11.2. The van der Waals surface area contributed by atoms with Crippen molar-refractivity contribution in [2.45, 2.75) is 24.3 Å². The smallest absolute Gasteiger partial charge is 0.341 e. The second-order valence-corrected chi connectivity index (χ2v) is 6.36. The minimum absolute atomic E-state index is 0.0484. The van der Waals surface area contributed by atoms with E-state index in [1.165, 1.54) is 4.90 Å². The fraction of sp³-hybridized carbons (Fsp3) is 0.600. The Bertz CT molecular complexity index is 582. The minimum atomic E-state index is -4.53. The van der Waals surface area contributed by atoms with E-state index >= 15 is 0 Å². The van der Waals surface area contributed by atoms with Crippen LogP contribution >= 0.6 is 0 Å². The predicted octanol–water partition coefficient (Wildman–Crippen LogP) is 0.753. The van der Waals surface area contributed by atoms with Gasteiger partial charge in [0.2, 0.25) is 16.0 Å². The minimum Gasteiger partial charge on any atom is -0.341 e. The summed E-state index contributed by atoms with van der Waals surface area (Å²) < 4.78 is 60.0. The van der Waals surface area contributed by atoms with Gasteiger partial charge >= 0.3 is 6.18 Å². The van der Waals surface area contributed by atoms with Crippen LogP contribution in [0, 0.1) is 0 Å². The second kappa shape index (κ2) is 5.17. The van der Waals surface area contributed by atoms with Crippen LogP contribution in [-0.4, -0.2) is 36.7 Å². The van der Waals surface area contributed by atoms with Crippen LogP contribution in [-0.2, 0) is 16.2 Å². The van der Waals surface area contributed by atoms with E-state index < -0.39 is 27.1 Å². The molecule has 0 aromatic carbocycles. The summed E-state index contributed by atoms with van der Waals surface area (Å²) in [4.78, 5) is 8.79. The summed E-state index contributed by atoms with van der Waals surface area (Å²) in [5.74, 6) is -0.0484. The average Bonchev–Trinajstić information content (AvgIpc) is 2.37. The van der Waals surface area contributed by atoms with Gasteiger partial charge in [0.1, 0.15) is 5.69 Å². The van der Waals surface area contributed by atoms with Gasteiger partial charge in [-0.25, -0.2) is 23.5 Å². The molecule has 6 nitrogen and oxygen atoms in total. The maximum Gasteiger partial charge on any atom is 0.433 e. The van der Waals surface area contributed by atoms with Crippen molar-refractivity contribution in [3.05, 3.63) is 18.0 Å². The number of nitrogens with two attached hydrogens (primary N) is 1. The largest absolute Gasteiger partial charge is 0.433 e. The van der Waals surface area contributed by atoms with Crippen LogP contribution in [0.4, 0.5) is 19.1 Å². The highest BCUT2D eigenvalue weighted by Gasteiger charge is 2.34. The van der Waals surface area contributed by atoms with Crippen molar-refractivity contribution in [2.75, 3.05) is 18.0 Å². The summed E-state index contributed by atoms with van der Waals surface area (Å²) in [6.07, 6.45) is -3.00. The molecule has 1 aromatic heterocycles. The lowest BCUT2D eigenvalue weighted by Crippen LogP contribution is -2.42. The van der Waals surface area contributed by atoms with Crippen LogP contribution in [0.1, 0.15) is 18.5 Å². The quantitative estimate of drug-likeness (QED) is 0.871. The van der Waals surface area contributed by atoms with Crippen molar-refractivity contribution in [3.8, 4) is 0 Å². The second-order valence-electron chi connectivity index (χ2n) is 4.52. The number of hydrogen-bond acceptors (Lipinski definition) is 5. The van der Waals surface area contributed by atoms with Crippen LogP contribution in [0.15, 0.2) is 12.3 Å². The number of anilines is 1. The summed E-state index contributed by atoms with van der Waals surface area (Å²) in [7, 11) is -3.61. The molecule has 0 saturated carbocycles. The van der Waals surface area contributed by atoms with Gasteiger partial charge in [0, 0.05) is 19.3 Å². The van der Waals surface area contributed by atoms with Gasteiger partial charge in [0.05, 0.1) is 5.25 Å². The molecular weight excluding hydrogens is 297 g/mol. The summed E-state index contributed by atoms with van der Waals surface area (Å²) in [6, 6.07) is 0.792. The molecule has 0 radical (unpaired) electrons. The van der Waals surface area contributed by atoms with Crippen molar-refractivity contribution in [1.29, 1.82) is 0 Å². The number of primary sulfonamides is 1. The van der Waals surface area contributed by atoms with Crippen LogP contribution in [0.3, 0.4) is 0 Å². The number of nitrogens with zero attached hydrogens (tertiary/aromatic N) is 3. The third-order valence-corrected chi connectivity index (χ3v) is 4.52. The maximum atomic E-state index is 12.5. The number of halogens is 3. The fourth-order valence-corrected chi connectivity index (χ4v) is 2.91. The maximum absolute atomic E-state index is 12.5. The molecule has 0 aliphatic carbocycles. The van der Waals surface area contributed by atoms with Gasteiger partial charge in [-0.05, 0) is 18.9 Å². The molecule has 1 saturated heterocycles. The Morgan fingerprint density at radius 2 is 1.90 bits per heavy atom. The van der Waals surface area contributed by atoms with E-state index in [1.807, 2.05) is 0 Å². The predicted molar refractivity (Wildman–Crippen MR) is 65.4 cm³/mol. The Kier molecular flexibility index (Phi) is 3.87. The summed E-state index contributed by atoms with van der Waals surface area (Å²) >= 11 is 0. The van der Waals surface area contributed by atoms with Crippen LogP contribution in [0.2, 0.25) is 0 Å².